The molecule has 2 aromatic carbocycles. The normalized spacial score (nSPS) is 10.9. The van der Waals surface area contributed by atoms with Crippen molar-refractivity contribution in [3.8, 4) is 22.8 Å². The van der Waals surface area contributed by atoms with E-state index in [2.05, 4.69) is 17.2 Å². The molecule has 0 atom stereocenters. The number of benzene rings is 2. The number of hydrogen-bond donors (Lipinski definition) is 1. The van der Waals surface area contributed by atoms with Gasteiger partial charge in [-0.25, -0.2) is 4.98 Å². The van der Waals surface area contributed by atoms with Gasteiger partial charge in [0.25, 0.3) is 5.91 Å². The van der Waals surface area contributed by atoms with Crippen LogP contribution in [-0.4, -0.2) is 24.6 Å². The third-order valence-corrected chi connectivity index (χ3v) is 6.82. The minimum Gasteiger partial charge on any atom is -0.497 e. The molecule has 1 N–H and O–H groups in total. The summed E-state index contributed by atoms with van der Waals surface area (Å²) in [6.45, 7) is 2.77. The highest BCUT2D eigenvalue weighted by Crippen LogP contribution is 2.38. The predicted octanol–water partition coefficient (Wildman–Crippen LogP) is 6.73. The summed E-state index contributed by atoms with van der Waals surface area (Å²) in [6, 6.07) is 13.4. The molecule has 0 aliphatic heterocycles. The van der Waals surface area contributed by atoms with E-state index in [1.54, 1.807) is 7.11 Å². The van der Waals surface area contributed by atoms with Crippen molar-refractivity contribution < 1.29 is 14.3 Å². The number of nitrogens with zero attached hydrogens (tertiary/aromatic N) is 1. The van der Waals surface area contributed by atoms with Gasteiger partial charge in [-0.3, -0.25) is 10.1 Å². The molecule has 4 aromatic rings. The van der Waals surface area contributed by atoms with Crippen molar-refractivity contribution in [2.24, 2.45) is 0 Å². The van der Waals surface area contributed by atoms with E-state index in [1.807, 2.05) is 47.8 Å². The largest absolute Gasteiger partial charge is 0.497 e. The number of carbonyl (C=O) groups is 1. The molecule has 0 saturated carbocycles. The fraction of sp³-hybridized carbons (Fsp3) is 0.182. The number of ether oxygens (including phenoxy) is 2. The third-order valence-electron chi connectivity index (χ3n) is 4.39. The van der Waals surface area contributed by atoms with E-state index < -0.39 is 0 Å². The first kappa shape index (κ1) is 20.7. The molecular formula is C22H19ClN2O3S2. The van der Waals surface area contributed by atoms with Crippen molar-refractivity contribution in [3.05, 3.63) is 57.7 Å². The average Bonchev–Trinajstić information content (AvgIpc) is 3.37. The Balaban J connectivity index is 1.50. The zero-order valence-corrected chi connectivity index (χ0v) is 18.8. The molecule has 154 valence electrons. The summed E-state index contributed by atoms with van der Waals surface area (Å²) in [5, 5.41) is 6.51. The molecule has 5 nitrogen and oxygen atoms in total. The second-order valence-electron chi connectivity index (χ2n) is 6.47. The molecule has 0 fully saturated rings. The highest BCUT2D eigenvalue weighted by atomic mass is 35.5. The first-order chi connectivity index (χ1) is 14.6. The SMILES string of the molecule is CCCOc1ccc(-c2csc(NC(=O)c3sc4ccc(OC)cc4c3Cl)n2)cc1. The number of amides is 1. The molecule has 1 amide bonds. The molecule has 0 unspecified atom stereocenters. The predicted molar refractivity (Wildman–Crippen MR) is 125 cm³/mol. The Hall–Kier alpha value is -2.61. The summed E-state index contributed by atoms with van der Waals surface area (Å²) in [5.41, 5.74) is 1.76. The summed E-state index contributed by atoms with van der Waals surface area (Å²) in [7, 11) is 1.60. The number of fused-ring (bicyclic) bond motifs is 1. The van der Waals surface area contributed by atoms with Gasteiger partial charge in [0.1, 0.15) is 16.4 Å². The van der Waals surface area contributed by atoms with Crippen LogP contribution in [0.1, 0.15) is 23.0 Å². The zero-order chi connectivity index (χ0) is 21.1. The Kier molecular flexibility index (Phi) is 6.22. The summed E-state index contributed by atoms with van der Waals surface area (Å²) >= 11 is 9.18. The van der Waals surface area contributed by atoms with Crippen molar-refractivity contribution >= 4 is 55.4 Å². The van der Waals surface area contributed by atoms with Crippen molar-refractivity contribution in [1.82, 2.24) is 4.98 Å². The molecule has 0 spiro atoms. The maximum Gasteiger partial charge on any atom is 0.269 e. The molecule has 2 heterocycles. The van der Waals surface area contributed by atoms with Crippen molar-refractivity contribution in [1.29, 1.82) is 0 Å². The minimum absolute atomic E-state index is 0.274. The van der Waals surface area contributed by atoms with E-state index in [0.29, 0.717) is 27.4 Å². The van der Waals surface area contributed by atoms with Gasteiger partial charge in [0.15, 0.2) is 5.13 Å². The third kappa shape index (κ3) is 4.28. The van der Waals surface area contributed by atoms with Crippen LogP contribution >= 0.6 is 34.3 Å². The Morgan fingerprint density at radius 3 is 2.67 bits per heavy atom. The van der Waals surface area contributed by atoms with Gasteiger partial charge >= 0.3 is 0 Å². The van der Waals surface area contributed by atoms with Crippen LogP contribution in [0, 0.1) is 0 Å². The van der Waals surface area contributed by atoms with Gasteiger partial charge in [-0.15, -0.1) is 22.7 Å². The van der Waals surface area contributed by atoms with Gasteiger partial charge in [0.05, 0.1) is 24.4 Å². The molecule has 0 bridgehead atoms. The number of methoxy groups -OCH3 is 1. The van der Waals surface area contributed by atoms with Crippen LogP contribution in [0.2, 0.25) is 5.02 Å². The van der Waals surface area contributed by atoms with Crippen LogP contribution in [0.4, 0.5) is 5.13 Å². The van der Waals surface area contributed by atoms with E-state index in [4.69, 9.17) is 21.1 Å². The van der Waals surface area contributed by atoms with Gasteiger partial charge in [-0.05, 0) is 48.9 Å². The summed E-state index contributed by atoms with van der Waals surface area (Å²) < 4.78 is 11.8. The molecule has 4 rings (SSSR count). The Bertz CT molecular complexity index is 1190. The smallest absolute Gasteiger partial charge is 0.269 e. The maximum absolute atomic E-state index is 12.8. The topological polar surface area (TPSA) is 60.5 Å². The lowest BCUT2D eigenvalue weighted by atomic mass is 10.2. The van der Waals surface area contributed by atoms with E-state index in [9.17, 15) is 4.79 Å². The lowest BCUT2D eigenvalue weighted by Crippen LogP contribution is -2.10. The first-order valence-corrected chi connectivity index (χ1v) is 11.4. The average molecular weight is 459 g/mol. The van der Waals surface area contributed by atoms with Crippen molar-refractivity contribution in [2.75, 3.05) is 19.0 Å². The summed E-state index contributed by atoms with van der Waals surface area (Å²) in [6.07, 6.45) is 0.967. The van der Waals surface area contributed by atoms with Crippen LogP contribution < -0.4 is 14.8 Å². The molecular weight excluding hydrogens is 440 g/mol. The second kappa shape index (κ2) is 9.04. The van der Waals surface area contributed by atoms with E-state index >= 15 is 0 Å². The number of hydrogen-bond acceptors (Lipinski definition) is 6. The van der Waals surface area contributed by atoms with Crippen LogP contribution in [0.25, 0.3) is 21.3 Å². The van der Waals surface area contributed by atoms with E-state index in [-0.39, 0.29) is 5.91 Å². The molecule has 2 aromatic heterocycles. The van der Waals surface area contributed by atoms with Crippen LogP contribution in [0.15, 0.2) is 47.8 Å². The minimum atomic E-state index is -0.274. The summed E-state index contributed by atoms with van der Waals surface area (Å²) in [4.78, 5) is 17.8. The van der Waals surface area contributed by atoms with Crippen molar-refractivity contribution in [3.63, 3.8) is 0 Å². The van der Waals surface area contributed by atoms with Gasteiger partial charge in [-0.2, -0.15) is 0 Å². The Morgan fingerprint density at radius 1 is 1.17 bits per heavy atom. The van der Waals surface area contributed by atoms with Crippen molar-refractivity contribution in [2.45, 2.75) is 13.3 Å². The van der Waals surface area contributed by atoms with Gasteiger partial charge < -0.3 is 9.47 Å². The molecule has 30 heavy (non-hydrogen) atoms. The van der Waals surface area contributed by atoms with E-state index in [0.717, 1.165) is 33.5 Å². The second-order valence-corrected chi connectivity index (χ2v) is 8.76. The monoisotopic (exact) mass is 458 g/mol. The molecule has 0 aliphatic carbocycles. The molecule has 8 heteroatoms. The number of rotatable bonds is 7. The van der Waals surface area contributed by atoms with Crippen LogP contribution in [-0.2, 0) is 0 Å². The number of anilines is 1. The highest BCUT2D eigenvalue weighted by molar-refractivity contribution is 7.22. The lowest BCUT2D eigenvalue weighted by molar-refractivity contribution is 0.103. The Labute approximate surface area is 187 Å². The highest BCUT2D eigenvalue weighted by Gasteiger charge is 2.19. The number of thiazole rings is 1. The first-order valence-electron chi connectivity index (χ1n) is 9.35. The lowest BCUT2D eigenvalue weighted by Gasteiger charge is -2.04. The zero-order valence-electron chi connectivity index (χ0n) is 16.4. The number of halogens is 1. The maximum atomic E-state index is 12.8. The molecule has 0 radical (unpaired) electrons. The van der Waals surface area contributed by atoms with Crippen LogP contribution in [0.3, 0.4) is 0 Å². The fourth-order valence-corrected chi connectivity index (χ4v) is 4.98. The van der Waals surface area contributed by atoms with Gasteiger partial charge in [-0.1, -0.05) is 18.5 Å². The van der Waals surface area contributed by atoms with E-state index in [1.165, 1.54) is 22.7 Å². The standard InChI is InChI=1S/C22H19ClN2O3S2/c1-3-10-28-14-6-4-13(5-7-14)17-12-29-22(24-17)25-21(26)20-19(23)16-11-15(27-2)8-9-18(16)30-20/h4-9,11-12H,3,10H2,1-2H3,(H,24,25,26). The van der Waals surface area contributed by atoms with Gasteiger partial charge in [0.2, 0.25) is 0 Å². The summed E-state index contributed by atoms with van der Waals surface area (Å²) in [5.74, 6) is 1.26. The number of thiophene rings is 1. The number of carbonyl (C=O) groups excluding carboxylic acids is 1. The molecule has 0 aliphatic rings. The number of aromatic nitrogens is 1. The van der Waals surface area contributed by atoms with Gasteiger partial charge in [0, 0.05) is 21.0 Å². The van der Waals surface area contributed by atoms with Crippen LogP contribution in [0.5, 0.6) is 11.5 Å². The Morgan fingerprint density at radius 2 is 1.93 bits per heavy atom. The quantitative estimate of drug-likeness (QED) is 0.333. The molecule has 0 saturated heterocycles. The fourth-order valence-electron chi connectivity index (χ4n) is 2.88. The number of nitrogens with one attached hydrogen (secondary N) is 1.